The van der Waals surface area contributed by atoms with Crippen LogP contribution in [0.25, 0.3) is 0 Å². The fourth-order valence-electron chi connectivity index (χ4n) is 2.14. The predicted octanol–water partition coefficient (Wildman–Crippen LogP) is 2.38. The van der Waals surface area contributed by atoms with Gasteiger partial charge in [0.25, 0.3) is 11.6 Å². The molecule has 0 saturated heterocycles. The molecule has 132 valence electrons. The maximum Gasteiger partial charge on any atom is 0.269 e. The van der Waals surface area contributed by atoms with Gasteiger partial charge in [0.1, 0.15) is 12.3 Å². The predicted molar refractivity (Wildman–Crippen MR) is 89.1 cm³/mol. The van der Waals surface area contributed by atoms with Crippen LogP contribution in [0.2, 0.25) is 0 Å². The van der Waals surface area contributed by atoms with Crippen LogP contribution in [0.3, 0.4) is 0 Å². The van der Waals surface area contributed by atoms with Gasteiger partial charge < -0.3 is 14.7 Å². The zero-order chi connectivity index (χ0) is 18.6. The average molecular weight is 346 g/mol. The molecule has 0 radical (unpaired) electrons. The Bertz CT molecular complexity index is 782. The van der Waals surface area contributed by atoms with E-state index in [1.807, 2.05) is 0 Å². The highest BCUT2D eigenvalue weighted by Gasteiger charge is 2.22. The molecule has 9 nitrogen and oxygen atoms in total. The molecular formula is C16H18N4O5. The van der Waals surface area contributed by atoms with Gasteiger partial charge in [-0.15, -0.1) is 0 Å². The number of hydrogen-bond acceptors (Lipinski definition) is 6. The van der Waals surface area contributed by atoms with Gasteiger partial charge in [-0.3, -0.25) is 19.7 Å². The number of rotatable bonds is 6. The number of carbonyl (C=O) groups is 2. The van der Waals surface area contributed by atoms with Crippen LogP contribution in [0.15, 0.2) is 34.9 Å². The molecule has 0 aliphatic heterocycles. The first-order chi connectivity index (χ1) is 11.8. The number of nitrogens with one attached hydrogen (secondary N) is 1. The van der Waals surface area contributed by atoms with Crippen LogP contribution in [0, 0.1) is 17.0 Å². The van der Waals surface area contributed by atoms with Crippen LogP contribution in [0.1, 0.15) is 30.0 Å². The molecule has 0 aliphatic rings. The molecule has 2 rings (SSSR count). The van der Waals surface area contributed by atoms with Gasteiger partial charge in [-0.05, 0) is 32.9 Å². The Morgan fingerprint density at radius 1 is 1.32 bits per heavy atom. The lowest BCUT2D eigenvalue weighted by atomic mass is 10.1. The lowest BCUT2D eigenvalue weighted by Gasteiger charge is -2.26. The van der Waals surface area contributed by atoms with Crippen molar-refractivity contribution in [3.63, 3.8) is 0 Å². The molecule has 25 heavy (non-hydrogen) atoms. The van der Waals surface area contributed by atoms with Crippen LogP contribution in [0.5, 0.6) is 0 Å². The van der Waals surface area contributed by atoms with E-state index in [1.54, 1.807) is 26.8 Å². The summed E-state index contributed by atoms with van der Waals surface area (Å²) in [5, 5.41) is 16.9. The number of nitro groups is 1. The summed E-state index contributed by atoms with van der Waals surface area (Å²) in [6, 6.07) is 6.57. The Balaban J connectivity index is 2.09. The second-order valence-electron chi connectivity index (χ2n) is 5.70. The zero-order valence-electron chi connectivity index (χ0n) is 14.1. The monoisotopic (exact) mass is 346 g/mol. The number of amides is 2. The highest BCUT2D eigenvalue weighted by Crippen LogP contribution is 2.15. The van der Waals surface area contributed by atoms with Crippen molar-refractivity contribution in [3.05, 3.63) is 51.8 Å². The van der Waals surface area contributed by atoms with Gasteiger partial charge in [0.2, 0.25) is 5.91 Å². The number of benzene rings is 1. The summed E-state index contributed by atoms with van der Waals surface area (Å²) in [5.74, 6) is 0.0144. The molecule has 2 amide bonds. The Morgan fingerprint density at radius 3 is 2.44 bits per heavy atom. The third-order valence-corrected chi connectivity index (χ3v) is 3.42. The summed E-state index contributed by atoms with van der Waals surface area (Å²) in [6.07, 6.45) is 0. The summed E-state index contributed by atoms with van der Waals surface area (Å²) in [5.41, 5.74) is 0.163. The van der Waals surface area contributed by atoms with Crippen molar-refractivity contribution in [3.8, 4) is 0 Å². The second kappa shape index (κ2) is 7.56. The summed E-state index contributed by atoms with van der Waals surface area (Å²) in [6.45, 7) is 5.06. The Morgan fingerprint density at radius 2 is 1.96 bits per heavy atom. The number of carbonyl (C=O) groups excluding carboxylic acids is 2. The first kappa shape index (κ1) is 18.1. The molecule has 1 aromatic heterocycles. The fraction of sp³-hybridized carbons (Fsp3) is 0.312. The van der Waals surface area contributed by atoms with E-state index < -0.39 is 16.7 Å². The van der Waals surface area contributed by atoms with Gasteiger partial charge >= 0.3 is 0 Å². The smallest absolute Gasteiger partial charge is 0.269 e. The lowest BCUT2D eigenvalue weighted by Crippen LogP contribution is -2.42. The summed E-state index contributed by atoms with van der Waals surface area (Å²) >= 11 is 0. The molecule has 2 aromatic rings. The van der Waals surface area contributed by atoms with Crippen LogP contribution < -0.4 is 5.32 Å². The highest BCUT2D eigenvalue weighted by atomic mass is 16.6. The zero-order valence-corrected chi connectivity index (χ0v) is 14.1. The first-order valence-corrected chi connectivity index (χ1v) is 7.56. The maximum absolute atomic E-state index is 12.6. The molecule has 0 unspecified atom stereocenters. The van der Waals surface area contributed by atoms with Crippen molar-refractivity contribution < 1.29 is 19.0 Å². The van der Waals surface area contributed by atoms with E-state index >= 15 is 0 Å². The fourth-order valence-corrected chi connectivity index (χ4v) is 2.14. The maximum atomic E-state index is 12.6. The molecule has 0 spiro atoms. The molecule has 1 heterocycles. The van der Waals surface area contributed by atoms with Crippen molar-refractivity contribution in [1.29, 1.82) is 0 Å². The van der Waals surface area contributed by atoms with Crippen LogP contribution >= 0.6 is 0 Å². The van der Waals surface area contributed by atoms with E-state index in [0.717, 1.165) is 0 Å². The largest absolute Gasteiger partial charge is 0.360 e. The molecule has 0 fully saturated rings. The van der Waals surface area contributed by atoms with Crippen LogP contribution in [0.4, 0.5) is 11.5 Å². The minimum atomic E-state index is -0.540. The van der Waals surface area contributed by atoms with Crippen LogP contribution in [-0.4, -0.2) is 39.4 Å². The van der Waals surface area contributed by atoms with Crippen molar-refractivity contribution in [2.45, 2.75) is 26.8 Å². The Labute approximate surface area is 143 Å². The molecule has 0 saturated carbocycles. The number of nitrogens with zero attached hydrogens (tertiary/aromatic N) is 3. The van der Waals surface area contributed by atoms with Crippen molar-refractivity contribution >= 4 is 23.3 Å². The van der Waals surface area contributed by atoms with E-state index in [2.05, 4.69) is 10.5 Å². The normalized spacial score (nSPS) is 10.6. The third kappa shape index (κ3) is 4.63. The Kier molecular flexibility index (Phi) is 5.48. The van der Waals surface area contributed by atoms with Gasteiger partial charge in [0.15, 0.2) is 5.82 Å². The van der Waals surface area contributed by atoms with Gasteiger partial charge in [0.05, 0.1) is 4.92 Å². The first-order valence-electron chi connectivity index (χ1n) is 7.56. The molecule has 0 bridgehead atoms. The summed E-state index contributed by atoms with van der Waals surface area (Å²) < 4.78 is 4.86. The molecule has 0 atom stereocenters. The molecular weight excluding hydrogens is 328 g/mol. The van der Waals surface area contributed by atoms with Crippen LogP contribution in [-0.2, 0) is 4.79 Å². The topological polar surface area (TPSA) is 119 Å². The quantitative estimate of drug-likeness (QED) is 0.633. The minimum absolute atomic E-state index is 0.105. The standard InChI is InChI=1S/C16H18N4O5/c1-10(2)19(9-15(21)17-14-8-11(3)25-18-14)16(22)12-4-6-13(7-5-12)20(23)24/h4-8,10H,9H2,1-3H3,(H,17,18,21). The summed E-state index contributed by atoms with van der Waals surface area (Å²) in [7, 11) is 0. The van der Waals surface area contributed by atoms with Gasteiger partial charge in [-0.1, -0.05) is 5.16 Å². The average Bonchev–Trinajstić information content (AvgIpc) is 2.96. The minimum Gasteiger partial charge on any atom is -0.360 e. The lowest BCUT2D eigenvalue weighted by molar-refractivity contribution is -0.384. The third-order valence-electron chi connectivity index (χ3n) is 3.42. The number of aromatic nitrogens is 1. The Hall–Kier alpha value is -3.23. The van der Waals surface area contributed by atoms with Gasteiger partial charge in [0, 0.05) is 29.8 Å². The van der Waals surface area contributed by atoms with Crippen molar-refractivity contribution in [2.75, 3.05) is 11.9 Å². The van der Waals surface area contributed by atoms with Crippen molar-refractivity contribution in [1.82, 2.24) is 10.1 Å². The summed E-state index contributed by atoms with van der Waals surface area (Å²) in [4.78, 5) is 36.3. The molecule has 1 N–H and O–H groups in total. The number of nitro benzene ring substituents is 1. The van der Waals surface area contributed by atoms with Gasteiger partial charge in [-0.25, -0.2) is 0 Å². The van der Waals surface area contributed by atoms with E-state index in [0.29, 0.717) is 5.76 Å². The van der Waals surface area contributed by atoms with E-state index in [9.17, 15) is 19.7 Å². The second-order valence-corrected chi connectivity index (χ2v) is 5.70. The van der Waals surface area contributed by atoms with E-state index in [1.165, 1.54) is 29.2 Å². The number of aryl methyl sites for hydroxylation is 1. The molecule has 9 heteroatoms. The van der Waals surface area contributed by atoms with E-state index in [-0.39, 0.29) is 29.7 Å². The van der Waals surface area contributed by atoms with Crippen molar-refractivity contribution in [2.24, 2.45) is 0 Å². The SMILES string of the molecule is Cc1cc(NC(=O)CN(C(=O)c2ccc([N+](=O)[O-])cc2)C(C)C)no1. The number of hydrogen-bond donors (Lipinski definition) is 1. The highest BCUT2D eigenvalue weighted by molar-refractivity contribution is 5.99. The number of anilines is 1. The molecule has 0 aliphatic carbocycles. The van der Waals surface area contributed by atoms with Gasteiger partial charge in [-0.2, -0.15) is 0 Å². The number of non-ortho nitro benzene ring substituents is 1. The van der Waals surface area contributed by atoms with E-state index in [4.69, 9.17) is 4.52 Å². The molecule has 1 aromatic carbocycles.